The SMILES string of the molecule is CNC1CCCN(C(=O)c2cnn(C(C)(C)C)c2C(F)(F)F)C1.Cl. The summed E-state index contributed by atoms with van der Waals surface area (Å²) in [7, 11) is 1.79. The molecule has 2 rings (SSSR count). The van der Waals surface area contributed by atoms with Crippen LogP contribution in [0.25, 0.3) is 0 Å². The highest BCUT2D eigenvalue weighted by atomic mass is 35.5. The Hall–Kier alpha value is -1.28. The van der Waals surface area contributed by atoms with Gasteiger partial charge in [-0.15, -0.1) is 12.4 Å². The van der Waals surface area contributed by atoms with E-state index in [-0.39, 0.29) is 24.0 Å². The Morgan fingerprint density at radius 2 is 1.96 bits per heavy atom. The molecule has 2 heterocycles. The largest absolute Gasteiger partial charge is 0.433 e. The van der Waals surface area contributed by atoms with E-state index in [1.807, 2.05) is 0 Å². The van der Waals surface area contributed by atoms with Gasteiger partial charge in [0.15, 0.2) is 5.69 Å². The van der Waals surface area contributed by atoms with Gasteiger partial charge in [-0.1, -0.05) is 0 Å². The number of hydrogen-bond donors (Lipinski definition) is 1. The van der Waals surface area contributed by atoms with E-state index in [0.717, 1.165) is 23.7 Å². The highest BCUT2D eigenvalue weighted by Gasteiger charge is 2.43. The molecule has 1 N–H and O–H groups in total. The molecular formula is C15H24ClF3N4O. The number of amides is 1. The molecule has 1 aromatic heterocycles. The van der Waals surface area contributed by atoms with Crippen LogP contribution in [-0.2, 0) is 11.7 Å². The predicted octanol–water partition coefficient (Wildman–Crippen LogP) is 2.90. The molecule has 138 valence electrons. The number of carbonyl (C=O) groups excluding carboxylic acids is 1. The van der Waals surface area contributed by atoms with Crippen LogP contribution in [0.4, 0.5) is 13.2 Å². The third-order valence-electron chi connectivity index (χ3n) is 4.02. The van der Waals surface area contributed by atoms with Crippen LogP contribution < -0.4 is 5.32 Å². The van der Waals surface area contributed by atoms with Crippen molar-refractivity contribution in [3.63, 3.8) is 0 Å². The van der Waals surface area contributed by atoms with Gasteiger partial charge in [0.1, 0.15) is 0 Å². The molecule has 1 aliphatic rings. The number of halogens is 4. The molecule has 1 saturated heterocycles. The number of alkyl halides is 3. The van der Waals surface area contributed by atoms with Crippen molar-refractivity contribution in [3.05, 3.63) is 17.5 Å². The summed E-state index contributed by atoms with van der Waals surface area (Å²) < 4.78 is 41.4. The number of aromatic nitrogens is 2. The lowest BCUT2D eigenvalue weighted by molar-refractivity contribution is -0.146. The second-order valence-electron chi connectivity index (χ2n) is 6.87. The molecule has 1 atom stereocenters. The van der Waals surface area contributed by atoms with Gasteiger partial charge in [0.05, 0.1) is 17.3 Å². The summed E-state index contributed by atoms with van der Waals surface area (Å²) in [5.41, 5.74) is -2.20. The summed E-state index contributed by atoms with van der Waals surface area (Å²) in [6, 6.07) is 0.111. The summed E-state index contributed by atoms with van der Waals surface area (Å²) in [4.78, 5) is 14.1. The average molecular weight is 369 g/mol. The maximum Gasteiger partial charge on any atom is 0.433 e. The highest BCUT2D eigenvalue weighted by molar-refractivity contribution is 5.95. The van der Waals surface area contributed by atoms with Crippen molar-refractivity contribution in [1.82, 2.24) is 20.0 Å². The van der Waals surface area contributed by atoms with Crippen LogP contribution >= 0.6 is 12.4 Å². The van der Waals surface area contributed by atoms with Crippen LogP contribution in [0.2, 0.25) is 0 Å². The Labute approximate surface area is 146 Å². The molecule has 1 aromatic rings. The van der Waals surface area contributed by atoms with Gasteiger partial charge in [0.25, 0.3) is 5.91 Å². The van der Waals surface area contributed by atoms with Gasteiger partial charge >= 0.3 is 6.18 Å². The predicted molar refractivity (Wildman–Crippen MR) is 87.5 cm³/mol. The fourth-order valence-electron chi connectivity index (χ4n) is 2.85. The summed E-state index contributed by atoms with van der Waals surface area (Å²) in [6.07, 6.45) is -1.91. The first-order valence-electron chi connectivity index (χ1n) is 7.68. The minimum absolute atomic E-state index is 0. The first-order chi connectivity index (χ1) is 10.6. The van der Waals surface area contributed by atoms with E-state index in [9.17, 15) is 18.0 Å². The third kappa shape index (κ3) is 4.22. The average Bonchev–Trinajstić information content (AvgIpc) is 2.91. The molecule has 24 heavy (non-hydrogen) atoms. The number of likely N-dealkylation sites (tertiary alicyclic amines) is 1. The van der Waals surface area contributed by atoms with Gasteiger partial charge in [-0.25, -0.2) is 0 Å². The molecule has 0 radical (unpaired) electrons. The minimum Gasteiger partial charge on any atom is -0.337 e. The normalized spacial score (nSPS) is 19.1. The van der Waals surface area contributed by atoms with Gasteiger partial charge in [0.2, 0.25) is 0 Å². The number of rotatable bonds is 2. The Balaban J connectivity index is 0.00000288. The number of likely N-dealkylation sites (N-methyl/N-ethyl adjacent to an activating group) is 1. The molecular weight excluding hydrogens is 345 g/mol. The zero-order valence-corrected chi connectivity index (χ0v) is 15.1. The van der Waals surface area contributed by atoms with Gasteiger partial charge in [-0.3, -0.25) is 9.48 Å². The number of piperidine rings is 1. The molecule has 0 aromatic carbocycles. The van der Waals surface area contributed by atoms with Gasteiger partial charge in [-0.2, -0.15) is 18.3 Å². The van der Waals surface area contributed by atoms with E-state index in [1.54, 1.807) is 27.8 Å². The van der Waals surface area contributed by atoms with Gasteiger partial charge in [0, 0.05) is 19.1 Å². The smallest absolute Gasteiger partial charge is 0.337 e. The fraction of sp³-hybridized carbons (Fsp3) is 0.733. The van der Waals surface area contributed by atoms with Crippen molar-refractivity contribution in [3.8, 4) is 0 Å². The molecule has 9 heteroatoms. The van der Waals surface area contributed by atoms with Crippen molar-refractivity contribution >= 4 is 18.3 Å². The summed E-state index contributed by atoms with van der Waals surface area (Å²) in [5.74, 6) is -0.604. The lowest BCUT2D eigenvalue weighted by Crippen LogP contribution is -2.47. The molecule has 0 saturated carbocycles. The van der Waals surface area contributed by atoms with Crippen molar-refractivity contribution in [2.45, 2.75) is 51.4 Å². The zero-order valence-electron chi connectivity index (χ0n) is 14.3. The zero-order chi connectivity index (χ0) is 17.4. The summed E-state index contributed by atoms with van der Waals surface area (Å²) in [6.45, 7) is 5.76. The molecule has 0 aliphatic carbocycles. The number of nitrogens with one attached hydrogen (secondary N) is 1. The van der Waals surface area contributed by atoms with E-state index in [1.165, 1.54) is 4.90 Å². The Kier molecular flexibility index (Phi) is 6.32. The maximum absolute atomic E-state index is 13.5. The van der Waals surface area contributed by atoms with Crippen LogP contribution in [0.3, 0.4) is 0 Å². The molecule has 1 aliphatic heterocycles. The lowest BCUT2D eigenvalue weighted by Gasteiger charge is -2.32. The van der Waals surface area contributed by atoms with Crippen molar-refractivity contribution in [1.29, 1.82) is 0 Å². The standard InChI is InChI=1S/C15H23F3N4O.ClH/c1-14(2,3)22-12(15(16,17)18)11(8-20-22)13(23)21-7-5-6-10(9-21)19-4;/h8,10,19H,5-7,9H2,1-4H3;1H. The first kappa shape index (κ1) is 20.8. The van der Waals surface area contributed by atoms with Crippen LogP contribution in [0.5, 0.6) is 0 Å². The van der Waals surface area contributed by atoms with Crippen LogP contribution in [0, 0.1) is 0 Å². The topological polar surface area (TPSA) is 50.2 Å². The van der Waals surface area contributed by atoms with Gasteiger partial charge in [-0.05, 0) is 40.7 Å². The molecule has 1 fully saturated rings. The molecule has 0 spiro atoms. The lowest BCUT2D eigenvalue weighted by atomic mass is 10.0. The van der Waals surface area contributed by atoms with E-state index in [0.29, 0.717) is 13.1 Å². The number of nitrogens with zero attached hydrogens (tertiary/aromatic N) is 3. The third-order valence-corrected chi connectivity index (χ3v) is 4.02. The first-order valence-corrected chi connectivity index (χ1v) is 7.68. The highest BCUT2D eigenvalue weighted by Crippen LogP contribution is 2.35. The number of carbonyl (C=O) groups is 1. The van der Waals surface area contributed by atoms with Crippen molar-refractivity contribution in [2.24, 2.45) is 0 Å². The van der Waals surface area contributed by atoms with Crippen LogP contribution in [0.15, 0.2) is 6.20 Å². The summed E-state index contributed by atoms with van der Waals surface area (Å²) in [5, 5.41) is 6.92. The number of hydrogen-bond acceptors (Lipinski definition) is 3. The molecule has 5 nitrogen and oxygen atoms in total. The van der Waals surface area contributed by atoms with Gasteiger partial charge < -0.3 is 10.2 Å². The maximum atomic E-state index is 13.5. The quantitative estimate of drug-likeness (QED) is 0.873. The molecule has 1 unspecified atom stereocenters. The van der Waals surface area contributed by atoms with Crippen molar-refractivity contribution < 1.29 is 18.0 Å². The van der Waals surface area contributed by atoms with Crippen LogP contribution in [-0.4, -0.2) is 46.8 Å². The Morgan fingerprint density at radius 3 is 2.46 bits per heavy atom. The van der Waals surface area contributed by atoms with E-state index in [4.69, 9.17) is 0 Å². The Morgan fingerprint density at radius 1 is 1.33 bits per heavy atom. The van der Waals surface area contributed by atoms with E-state index >= 15 is 0 Å². The minimum atomic E-state index is -4.63. The second kappa shape index (κ2) is 7.31. The Bertz CT molecular complexity index is 580. The monoisotopic (exact) mass is 368 g/mol. The molecule has 0 bridgehead atoms. The second-order valence-corrected chi connectivity index (χ2v) is 6.87. The molecule has 1 amide bonds. The fourth-order valence-corrected chi connectivity index (χ4v) is 2.85. The van der Waals surface area contributed by atoms with E-state index in [2.05, 4.69) is 10.4 Å². The van der Waals surface area contributed by atoms with Crippen molar-refractivity contribution in [2.75, 3.05) is 20.1 Å². The van der Waals surface area contributed by atoms with Crippen LogP contribution in [0.1, 0.15) is 49.7 Å². The summed E-state index contributed by atoms with van der Waals surface area (Å²) >= 11 is 0. The van der Waals surface area contributed by atoms with E-state index < -0.39 is 23.3 Å².